The average molecular weight is 194 g/mol. The van der Waals surface area contributed by atoms with E-state index in [1.807, 2.05) is 0 Å². The molecule has 0 bridgehead atoms. The van der Waals surface area contributed by atoms with Gasteiger partial charge in [0.1, 0.15) is 5.75 Å². The molecular formula is C10H14N2O2. The van der Waals surface area contributed by atoms with Gasteiger partial charge in [-0.2, -0.15) is 0 Å². The van der Waals surface area contributed by atoms with Gasteiger partial charge >= 0.3 is 6.03 Å². The molecule has 0 aromatic heterocycles. The number of hydrogen-bond acceptors (Lipinski definition) is 2. The van der Waals surface area contributed by atoms with Crippen molar-refractivity contribution >= 4 is 11.7 Å². The molecule has 1 rings (SSSR count). The van der Waals surface area contributed by atoms with Crippen molar-refractivity contribution < 1.29 is 9.90 Å². The lowest BCUT2D eigenvalue weighted by atomic mass is 10.2. The summed E-state index contributed by atoms with van der Waals surface area (Å²) in [7, 11) is 3.32. The lowest BCUT2D eigenvalue weighted by Gasteiger charge is -2.13. The van der Waals surface area contributed by atoms with E-state index in [2.05, 4.69) is 5.32 Å². The van der Waals surface area contributed by atoms with Gasteiger partial charge in [-0.1, -0.05) is 6.07 Å². The molecule has 0 aliphatic carbocycles. The minimum atomic E-state index is -0.210. The van der Waals surface area contributed by atoms with Crippen LogP contribution in [0.4, 0.5) is 10.5 Å². The normalized spacial score (nSPS) is 9.64. The second-order valence-corrected chi connectivity index (χ2v) is 3.27. The first kappa shape index (κ1) is 10.4. The maximum Gasteiger partial charge on any atom is 0.321 e. The molecule has 0 spiro atoms. The Morgan fingerprint density at radius 3 is 2.64 bits per heavy atom. The van der Waals surface area contributed by atoms with E-state index >= 15 is 0 Å². The first-order chi connectivity index (χ1) is 6.52. The van der Waals surface area contributed by atoms with Crippen LogP contribution in [0.3, 0.4) is 0 Å². The van der Waals surface area contributed by atoms with Gasteiger partial charge in [0, 0.05) is 25.3 Å². The molecule has 1 aromatic carbocycles. The van der Waals surface area contributed by atoms with Crippen molar-refractivity contribution in [2.75, 3.05) is 19.4 Å². The van der Waals surface area contributed by atoms with Gasteiger partial charge in [-0.3, -0.25) is 0 Å². The first-order valence-corrected chi connectivity index (χ1v) is 4.29. The summed E-state index contributed by atoms with van der Waals surface area (Å²) in [6.07, 6.45) is 0. The van der Waals surface area contributed by atoms with E-state index in [0.29, 0.717) is 11.3 Å². The maximum atomic E-state index is 11.3. The SMILES string of the molecule is Cc1c(O)cccc1NC(=O)N(C)C. The zero-order valence-corrected chi connectivity index (χ0v) is 8.53. The fraction of sp³-hybridized carbons (Fsp3) is 0.300. The van der Waals surface area contributed by atoms with Crippen molar-refractivity contribution in [3.8, 4) is 5.75 Å². The fourth-order valence-corrected chi connectivity index (χ4v) is 0.986. The summed E-state index contributed by atoms with van der Waals surface area (Å²) in [6.45, 7) is 1.75. The molecule has 0 unspecified atom stereocenters. The Morgan fingerprint density at radius 2 is 2.07 bits per heavy atom. The molecule has 0 aliphatic heterocycles. The lowest BCUT2D eigenvalue weighted by molar-refractivity contribution is 0.230. The van der Waals surface area contributed by atoms with Gasteiger partial charge < -0.3 is 15.3 Å². The lowest BCUT2D eigenvalue weighted by Crippen LogP contribution is -2.27. The van der Waals surface area contributed by atoms with E-state index in [-0.39, 0.29) is 11.8 Å². The van der Waals surface area contributed by atoms with E-state index in [4.69, 9.17) is 0 Å². The van der Waals surface area contributed by atoms with Crippen molar-refractivity contribution in [2.45, 2.75) is 6.92 Å². The van der Waals surface area contributed by atoms with Crippen LogP contribution in [0.25, 0.3) is 0 Å². The van der Waals surface area contributed by atoms with E-state index in [1.165, 1.54) is 4.90 Å². The van der Waals surface area contributed by atoms with Crippen LogP contribution >= 0.6 is 0 Å². The third-order valence-electron chi connectivity index (χ3n) is 1.95. The Morgan fingerprint density at radius 1 is 1.43 bits per heavy atom. The Labute approximate surface area is 83.2 Å². The monoisotopic (exact) mass is 194 g/mol. The summed E-state index contributed by atoms with van der Waals surface area (Å²) in [5.74, 6) is 0.182. The van der Waals surface area contributed by atoms with Crippen LogP contribution < -0.4 is 5.32 Å². The molecule has 4 nitrogen and oxygen atoms in total. The van der Waals surface area contributed by atoms with Crippen molar-refractivity contribution in [3.05, 3.63) is 23.8 Å². The predicted octanol–water partition coefficient (Wildman–Crippen LogP) is 1.79. The number of nitrogens with one attached hydrogen (secondary N) is 1. The number of phenols is 1. The van der Waals surface area contributed by atoms with Gasteiger partial charge in [0.05, 0.1) is 0 Å². The second kappa shape index (κ2) is 4.00. The maximum absolute atomic E-state index is 11.3. The molecule has 4 heteroatoms. The number of rotatable bonds is 1. The van der Waals surface area contributed by atoms with Crippen LogP contribution in [-0.2, 0) is 0 Å². The molecule has 1 aromatic rings. The highest BCUT2D eigenvalue weighted by Gasteiger charge is 2.07. The van der Waals surface area contributed by atoms with Crippen molar-refractivity contribution in [3.63, 3.8) is 0 Å². The number of amides is 2. The quantitative estimate of drug-likeness (QED) is 0.716. The van der Waals surface area contributed by atoms with Crippen LogP contribution in [-0.4, -0.2) is 30.1 Å². The molecule has 2 N–H and O–H groups in total. The highest BCUT2D eigenvalue weighted by Crippen LogP contribution is 2.23. The molecule has 0 heterocycles. The third-order valence-corrected chi connectivity index (χ3v) is 1.95. The van der Waals surface area contributed by atoms with Crippen LogP contribution in [0.15, 0.2) is 18.2 Å². The number of carbonyl (C=O) groups excluding carboxylic acids is 1. The molecule has 0 fully saturated rings. The first-order valence-electron chi connectivity index (χ1n) is 4.29. The topological polar surface area (TPSA) is 52.6 Å². The summed E-state index contributed by atoms with van der Waals surface area (Å²) in [4.78, 5) is 12.7. The number of phenolic OH excluding ortho intramolecular Hbond substituents is 1. The standard InChI is InChI=1S/C10H14N2O2/c1-7-8(5-4-6-9(7)13)11-10(14)12(2)3/h4-6,13H,1-3H3,(H,11,14). The van der Waals surface area contributed by atoms with Crippen LogP contribution in [0.1, 0.15) is 5.56 Å². The van der Waals surface area contributed by atoms with Crippen molar-refractivity contribution in [1.29, 1.82) is 0 Å². The largest absolute Gasteiger partial charge is 0.508 e. The van der Waals surface area contributed by atoms with E-state index in [9.17, 15) is 9.90 Å². The van der Waals surface area contributed by atoms with Gasteiger partial charge in [-0.25, -0.2) is 4.79 Å². The summed E-state index contributed by atoms with van der Waals surface area (Å²) >= 11 is 0. The zero-order valence-electron chi connectivity index (χ0n) is 8.53. The molecule has 0 saturated carbocycles. The minimum absolute atomic E-state index is 0.182. The number of nitrogens with zero attached hydrogens (tertiary/aromatic N) is 1. The van der Waals surface area contributed by atoms with E-state index in [0.717, 1.165) is 0 Å². The number of carbonyl (C=O) groups is 1. The molecular weight excluding hydrogens is 180 g/mol. The van der Waals surface area contributed by atoms with Crippen LogP contribution in [0, 0.1) is 6.92 Å². The summed E-state index contributed by atoms with van der Waals surface area (Å²) in [5.41, 5.74) is 1.30. The molecule has 0 aliphatic rings. The number of urea groups is 1. The molecule has 2 amide bonds. The fourth-order valence-electron chi connectivity index (χ4n) is 0.986. The number of hydrogen-bond donors (Lipinski definition) is 2. The highest BCUT2D eigenvalue weighted by molar-refractivity contribution is 5.90. The Hall–Kier alpha value is -1.71. The molecule has 14 heavy (non-hydrogen) atoms. The highest BCUT2D eigenvalue weighted by atomic mass is 16.3. The Kier molecular flexibility index (Phi) is 2.96. The van der Waals surface area contributed by atoms with Crippen molar-refractivity contribution in [2.24, 2.45) is 0 Å². The number of benzene rings is 1. The smallest absolute Gasteiger partial charge is 0.321 e. The number of anilines is 1. The van der Waals surface area contributed by atoms with E-state index < -0.39 is 0 Å². The van der Waals surface area contributed by atoms with Gasteiger partial charge in [-0.05, 0) is 19.1 Å². The summed E-state index contributed by atoms with van der Waals surface area (Å²) < 4.78 is 0. The van der Waals surface area contributed by atoms with Gasteiger partial charge in [0.2, 0.25) is 0 Å². The van der Waals surface area contributed by atoms with Crippen LogP contribution in [0.5, 0.6) is 5.75 Å². The predicted molar refractivity (Wildman–Crippen MR) is 55.5 cm³/mol. The van der Waals surface area contributed by atoms with Crippen LogP contribution in [0.2, 0.25) is 0 Å². The minimum Gasteiger partial charge on any atom is -0.508 e. The van der Waals surface area contributed by atoms with Gasteiger partial charge in [0.15, 0.2) is 0 Å². The Bertz CT molecular complexity index is 348. The molecule has 0 saturated heterocycles. The average Bonchev–Trinajstić information content (AvgIpc) is 2.12. The van der Waals surface area contributed by atoms with Gasteiger partial charge in [0.25, 0.3) is 0 Å². The number of aromatic hydroxyl groups is 1. The Balaban J connectivity index is 2.87. The molecule has 0 atom stereocenters. The van der Waals surface area contributed by atoms with Gasteiger partial charge in [-0.15, -0.1) is 0 Å². The molecule has 76 valence electrons. The molecule has 0 radical (unpaired) electrons. The van der Waals surface area contributed by atoms with E-state index in [1.54, 1.807) is 39.2 Å². The summed E-state index contributed by atoms with van der Waals surface area (Å²) in [6, 6.07) is 4.81. The van der Waals surface area contributed by atoms with Crippen molar-refractivity contribution in [1.82, 2.24) is 4.90 Å². The zero-order chi connectivity index (χ0) is 10.7. The second-order valence-electron chi connectivity index (χ2n) is 3.27. The summed E-state index contributed by atoms with van der Waals surface area (Å²) in [5, 5.41) is 12.1. The third kappa shape index (κ3) is 2.16.